The predicted molar refractivity (Wildman–Crippen MR) is 85.8 cm³/mol. The molecular weight excluding hydrogens is 402 g/mol. The van der Waals surface area contributed by atoms with Gasteiger partial charge in [0.25, 0.3) is 0 Å². The van der Waals surface area contributed by atoms with E-state index in [1.807, 2.05) is 0 Å². The molecule has 0 aliphatic heterocycles. The Morgan fingerprint density at radius 1 is 1.00 bits per heavy atom. The highest BCUT2D eigenvalue weighted by Gasteiger charge is 2.15. The van der Waals surface area contributed by atoms with Gasteiger partial charge in [0.15, 0.2) is 3.92 Å². The number of thiazole rings is 1. The summed E-state index contributed by atoms with van der Waals surface area (Å²) in [5.41, 5.74) is 1.12. The first-order valence-electron chi connectivity index (χ1n) is 4.78. The van der Waals surface area contributed by atoms with Gasteiger partial charge in [-0.1, -0.05) is 0 Å². The summed E-state index contributed by atoms with van der Waals surface area (Å²) in [4.78, 5) is 4.61. The molecule has 0 spiro atoms. The molecule has 0 radical (unpaired) electrons. The number of rotatable bonds is 0. The lowest BCUT2D eigenvalue weighted by Crippen LogP contribution is -1.70. The number of aromatic nitrogens is 1. The molecule has 0 saturated heterocycles. The Labute approximate surface area is 125 Å². The summed E-state index contributed by atoms with van der Waals surface area (Å²) in [5.74, 6) is 0. The van der Waals surface area contributed by atoms with Crippen LogP contribution in [0.3, 0.4) is 0 Å². The second kappa shape index (κ2) is 3.74. The van der Waals surface area contributed by atoms with Gasteiger partial charge in [-0.25, -0.2) is 4.98 Å². The highest BCUT2D eigenvalue weighted by molar-refractivity contribution is 9.11. The van der Waals surface area contributed by atoms with Crippen LogP contribution in [-0.4, -0.2) is 4.98 Å². The van der Waals surface area contributed by atoms with Crippen LogP contribution in [0.25, 0.3) is 30.4 Å². The third kappa shape index (κ3) is 1.48. The van der Waals surface area contributed by atoms with E-state index in [9.17, 15) is 0 Å². The number of hydrogen-bond donors (Lipinski definition) is 0. The van der Waals surface area contributed by atoms with Crippen molar-refractivity contribution in [3.05, 3.63) is 25.2 Å². The third-order valence-corrected chi connectivity index (χ3v) is 6.81. The fourth-order valence-electron chi connectivity index (χ4n) is 2.03. The number of benzene rings is 1. The zero-order valence-electron chi connectivity index (χ0n) is 8.16. The van der Waals surface area contributed by atoms with E-state index >= 15 is 0 Å². The Morgan fingerprint density at radius 2 is 1.82 bits per heavy atom. The smallest absolute Gasteiger partial charge is 0.160 e. The van der Waals surface area contributed by atoms with Crippen LogP contribution in [0.5, 0.6) is 0 Å². The van der Waals surface area contributed by atoms with E-state index in [4.69, 9.17) is 0 Å². The Kier molecular flexibility index (Phi) is 2.39. The minimum atomic E-state index is 0.956. The topological polar surface area (TPSA) is 12.9 Å². The van der Waals surface area contributed by atoms with Crippen molar-refractivity contribution in [2.45, 2.75) is 0 Å². The zero-order valence-corrected chi connectivity index (χ0v) is 13.8. The van der Waals surface area contributed by atoms with Gasteiger partial charge in [0.05, 0.1) is 13.2 Å². The molecule has 0 fully saturated rings. The minimum absolute atomic E-state index is 0.956. The van der Waals surface area contributed by atoms with Crippen LogP contribution >= 0.6 is 65.9 Å². The molecule has 4 rings (SSSR count). The fraction of sp³-hybridized carbons (Fsp3) is 0. The maximum Gasteiger partial charge on any atom is 0.160 e. The Hall–Kier alpha value is -0.0100. The van der Waals surface area contributed by atoms with Gasteiger partial charge in [-0.3, -0.25) is 0 Å². The SMILES string of the molecule is Brc1cc2c3sccc3c3sc(Br)nc3c2s1. The van der Waals surface area contributed by atoms with Gasteiger partial charge in [0.2, 0.25) is 0 Å². The van der Waals surface area contributed by atoms with E-state index in [1.54, 1.807) is 34.0 Å². The van der Waals surface area contributed by atoms with Gasteiger partial charge < -0.3 is 0 Å². The lowest BCUT2D eigenvalue weighted by atomic mass is 10.2. The third-order valence-electron chi connectivity index (χ3n) is 2.67. The van der Waals surface area contributed by atoms with Crippen LogP contribution in [0, 0.1) is 0 Å². The van der Waals surface area contributed by atoms with Gasteiger partial charge in [-0.15, -0.1) is 34.0 Å². The molecule has 0 bridgehead atoms. The summed E-state index contributed by atoms with van der Waals surface area (Å²) in [7, 11) is 0. The highest BCUT2D eigenvalue weighted by atomic mass is 79.9. The van der Waals surface area contributed by atoms with E-state index in [0.717, 1.165) is 9.43 Å². The summed E-state index contributed by atoms with van der Waals surface area (Å²) in [5, 5.41) is 4.80. The number of thiophene rings is 2. The Balaban J connectivity index is 2.46. The summed E-state index contributed by atoms with van der Waals surface area (Å²) in [6, 6.07) is 4.39. The van der Waals surface area contributed by atoms with Crippen molar-refractivity contribution in [1.29, 1.82) is 0 Å². The Bertz CT molecular complexity index is 800. The molecule has 6 heteroatoms. The van der Waals surface area contributed by atoms with E-state index in [0.29, 0.717) is 0 Å². The standard InChI is InChI=1S/C11H3Br2NS3/c12-6-3-5-8-4(1-2-15-8)9-7(10(5)16-6)14-11(13)17-9/h1-3H. The molecule has 3 aromatic heterocycles. The summed E-state index contributed by atoms with van der Waals surface area (Å²) in [6.07, 6.45) is 0. The van der Waals surface area contributed by atoms with Crippen LogP contribution in [-0.2, 0) is 0 Å². The molecule has 17 heavy (non-hydrogen) atoms. The Morgan fingerprint density at radius 3 is 2.71 bits per heavy atom. The summed E-state index contributed by atoms with van der Waals surface area (Å²) in [6.45, 7) is 0. The molecule has 0 amide bonds. The molecule has 0 unspecified atom stereocenters. The average Bonchev–Trinajstić information content (AvgIpc) is 2.91. The quantitative estimate of drug-likeness (QED) is 0.337. The van der Waals surface area contributed by atoms with Crippen molar-refractivity contribution in [2.75, 3.05) is 0 Å². The van der Waals surface area contributed by atoms with Crippen molar-refractivity contribution in [1.82, 2.24) is 4.98 Å². The number of halogens is 2. The lowest BCUT2D eigenvalue weighted by molar-refractivity contribution is 1.47. The maximum absolute atomic E-state index is 4.61. The molecule has 1 nitrogen and oxygen atoms in total. The molecule has 0 atom stereocenters. The van der Waals surface area contributed by atoms with E-state index in [1.165, 1.54) is 28.7 Å². The first-order chi connectivity index (χ1) is 8.24. The highest BCUT2D eigenvalue weighted by Crippen LogP contribution is 2.45. The number of nitrogens with zero attached hydrogens (tertiary/aromatic N) is 1. The second-order valence-electron chi connectivity index (χ2n) is 3.60. The van der Waals surface area contributed by atoms with Gasteiger partial charge in [-0.05, 0) is 49.4 Å². The van der Waals surface area contributed by atoms with Gasteiger partial charge in [0, 0.05) is 15.5 Å². The molecule has 0 saturated carbocycles. The molecule has 0 aliphatic rings. The number of fused-ring (bicyclic) bond motifs is 6. The normalized spacial score (nSPS) is 12.1. The van der Waals surface area contributed by atoms with Crippen LogP contribution in [0.2, 0.25) is 0 Å². The van der Waals surface area contributed by atoms with E-state index in [-0.39, 0.29) is 0 Å². The van der Waals surface area contributed by atoms with Gasteiger partial charge in [0.1, 0.15) is 5.52 Å². The van der Waals surface area contributed by atoms with Crippen molar-refractivity contribution < 1.29 is 0 Å². The van der Waals surface area contributed by atoms with Crippen LogP contribution < -0.4 is 0 Å². The number of hydrogen-bond acceptors (Lipinski definition) is 4. The molecule has 3 heterocycles. The zero-order chi connectivity index (χ0) is 11.6. The first kappa shape index (κ1) is 10.9. The molecular formula is C11H3Br2NS3. The van der Waals surface area contributed by atoms with Gasteiger partial charge in [-0.2, -0.15) is 0 Å². The second-order valence-corrected chi connectivity index (χ2v) is 9.22. The largest absolute Gasteiger partial charge is 0.228 e. The summed E-state index contributed by atoms with van der Waals surface area (Å²) < 4.78 is 6.06. The lowest BCUT2D eigenvalue weighted by Gasteiger charge is -1.95. The predicted octanol–water partition coefficient (Wildman–Crippen LogP) is 6.25. The van der Waals surface area contributed by atoms with Crippen molar-refractivity contribution in [3.63, 3.8) is 0 Å². The molecule has 1 aromatic carbocycles. The first-order valence-corrected chi connectivity index (χ1v) is 8.88. The molecule has 0 aliphatic carbocycles. The van der Waals surface area contributed by atoms with Crippen LogP contribution in [0.4, 0.5) is 0 Å². The van der Waals surface area contributed by atoms with Crippen molar-refractivity contribution in [3.8, 4) is 0 Å². The van der Waals surface area contributed by atoms with Crippen molar-refractivity contribution >= 4 is 96.3 Å². The van der Waals surface area contributed by atoms with E-state index in [2.05, 4.69) is 54.4 Å². The average molecular weight is 405 g/mol. The maximum atomic E-state index is 4.61. The molecule has 0 N–H and O–H groups in total. The monoisotopic (exact) mass is 403 g/mol. The summed E-state index contributed by atoms with van der Waals surface area (Å²) >= 11 is 12.4. The molecule has 84 valence electrons. The molecule has 4 aromatic rings. The van der Waals surface area contributed by atoms with Crippen molar-refractivity contribution in [2.24, 2.45) is 0 Å². The van der Waals surface area contributed by atoms with Crippen LogP contribution in [0.15, 0.2) is 25.2 Å². The van der Waals surface area contributed by atoms with Crippen LogP contribution in [0.1, 0.15) is 0 Å². The van der Waals surface area contributed by atoms with E-state index < -0.39 is 0 Å². The fourth-order valence-corrected chi connectivity index (χ4v) is 6.25. The van der Waals surface area contributed by atoms with Gasteiger partial charge >= 0.3 is 0 Å². The minimum Gasteiger partial charge on any atom is -0.228 e.